The summed E-state index contributed by atoms with van der Waals surface area (Å²) in [6, 6.07) is 10.5. The van der Waals surface area contributed by atoms with Gasteiger partial charge in [-0.05, 0) is 41.6 Å². The number of hydrogen-bond donors (Lipinski definition) is 0. The van der Waals surface area contributed by atoms with E-state index in [-0.39, 0.29) is 23.0 Å². The average molecular weight is 416 g/mol. The summed E-state index contributed by atoms with van der Waals surface area (Å²) in [6.07, 6.45) is 10.6. The highest BCUT2D eigenvalue weighted by molar-refractivity contribution is 8.07. The van der Waals surface area contributed by atoms with Crippen molar-refractivity contribution < 1.29 is 8.42 Å². The van der Waals surface area contributed by atoms with Crippen molar-refractivity contribution in [2.24, 2.45) is 16.3 Å². The fourth-order valence-electron chi connectivity index (χ4n) is 5.55. The SMILES string of the molecule is CCCCC1(CC)CS(=O)(=O)[C@]23C=NC=CSC2=CC(c2ccccc2)C[C@@H]13. The van der Waals surface area contributed by atoms with Crippen LogP contribution in [-0.4, -0.2) is 25.1 Å². The molecule has 1 aromatic rings. The van der Waals surface area contributed by atoms with E-state index >= 15 is 0 Å². The van der Waals surface area contributed by atoms with Gasteiger partial charge in [-0.2, -0.15) is 0 Å². The van der Waals surface area contributed by atoms with E-state index in [1.54, 1.807) is 24.2 Å². The highest BCUT2D eigenvalue weighted by Gasteiger charge is 2.67. The molecule has 5 heteroatoms. The molecule has 4 atom stereocenters. The minimum atomic E-state index is -3.33. The van der Waals surface area contributed by atoms with Gasteiger partial charge in [-0.3, -0.25) is 4.99 Å². The molecule has 2 unspecified atom stereocenters. The van der Waals surface area contributed by atoms with Crippen LogP contribution in [0.3, 0.4) is 0 Å². The van der Waals surface area contributed by atoms with Gasteiger partial charge < -0.3 is 0 Å². The van der Waals surface area contributed by atoms with Crippen LogP contribution in [0.5, 0.6) is 0 Å². The largest absolute Gasteiger partial charge is 0.266 e. The number of nitrogens with zero attached hydrogens (tertiary/aromatic N) is 1. The van der Waals surface area contributed by atoms with Gasteiger partial charge in [0.25, 0.3) is 0 Å². The van der Waals surface area contributed by atoms with Gasteiger partial charge in [0.15, 0.2) is 9.84 Å². The molecule has 3 nitrogen and oxygen atoms in total. The molecule has 4 rings (SSSR count). The van der Waals surface area contributed by atoms with Crippen LogP contribution in [0.15, 0.2) is 57.9 Å². The summed E-state index contributed by atoms with van der Waals surface area (Å²) in [5.41, 5.74) is 1.11. The molecule has 0 aromatic heterocycles. The lowest BCUT2D eigenvalue weighted by Gasteiger charge is -2.44. The monoisotopic (exact) mass is 415 g/mol. The van der Waals surface area contributed by atoms with Crippen molar-refractivity contribution in [1.29, 1.82) is 0 Å². The fraction of sp³-hybridized carbons (Fsp3) is 0.522. The zero-order chi connectivity index (χ0) is 19.8. The quantitative estimate of drug-likeness (QED) is 0.618. The van der Waals surface area contributed by atoms with Crippen LogP contribution in [0.4, 0.5) is 0 Å². The van der Waals surface area contributed by atoms with Gasteiger partial charge in [0.2, 0.25) is 0 Å². The van der Waals surface area contributed by atoms with E-state index in [0.29, 0.717) is 0 Å². The molecule has 1 saturated heterocycles. The van der Waals surface area contributed by atoms with Gasteiger partial charge in [-0.15, -0.1) is 0 Å². The van der Waals surface area contributed by atoms with Crippen molar-refractivity contribution >= 4 is 27.8 Å². The lowest BCUT2D eigenvalue weighted by atomic mass is 9.61. The average Bonchev–Trinajstić information content (AvgIpc) is 2.85. The first-order chi connectivity index (χ1) is 13.5. The molecule has 2 heterocycles. The van der Waals surface area contributed by atoms with Crippen molar-refractivity contribution in [3.05, 3.63) is 58.5 Å². The first-order valence-electron chi connectivity index (χ1n) is 10.3. The zero-order valence-corrected chi connectivity index (χ0v) is 18.3. The molecule has 3 aliphatic rings. The molecular formula is C23H29NO2S2. The zero-order valence-electron chi connectivity index (χ0n) is 16.7. The topological polar surface area (TPSA) is 46.5 Å². The van der Waals surface area contributed by atoms with Crippen molar-refractivity contribution in [3.63, 3.8) is 0 Å². The third-order valence-electron chi connectivity index (χ3n) is 7.04. The number of sulfone groups is 1. The number of hydrogen-bond acceptors (Lipinski definition) is 4. The van der Waals surface area contributed by atoms with Gasteiger partial charge in [0.05, 0.1) is 5.75 Å². The first kappa shape index (κ1) is 20.0. The molecular weight excluding hydrogens is 386 g/mol. The summed E-state index contributed by atoms with van der Waals surface area (Å²) in [5, 5.41) is 1.93. The first-order valence-corrected chi connectivity index (χ1v) is 12.9. The molecule has 0 amide bonds. The summed E-state index contributed by atoms with van der Waals surface area (Å²) in [4.78, 5) is 5.38. The number of thioether (sulfide) groups is 1. The van der Waals surface area contributed by atoms with Crippen molar-refractivity contribution in [1.82, 2.24) is 0 Å². The van der Waals surface area contributed by atoms with Crippen molar-refractivity contribution in [2.45, 2.75) is 56.6 Å². The molecule has 0 saturated carbocycles. The Morgan fingerprint density at radius 1 is 1.21 bits per heavy atom. The normalized spacial score (nSPS) is 35.7. The summed E-state index contributed by atoms with van der Waals surface area (Å²) >= 11 is 1.55. The van der Waals surface area contributed by atoms with Gasteiger partial charge >= 0.3 is 0 Å². The standard InChI is InChI=1S/C23H29NO2S2/c1-3-5-11-22(4-2)17-28(25,26)23-16-24-12-13-27-21(23)15-19(14-20(22)23)18-9-7-6-8-10-18/h6-10,12-13,15-16,19-20H,3-5,11,14,17H2,1-2H3/t19?,20-,22?,23-/m0/s1. The Morgan fingerprint density at radius 3 is 2.71 bits per heavy atom. The maximum atomic E-state index is 13.7. The van der Waals surface area contributed by atoms with Crippen LogP contribution in [0.25, 0.3) is 0 Å². The summed E-state index contributed by atoms with van der Waals surface area (Å²) in [7, 11) is -3.33. The Kier molecular flexibility index (Phi) is 5.34. The van der Waals surface area contributed by atoms with Crippen LogP contribution in [-0.2, 0) is 9.84 Å². The van der Waals surface area contributed by atoms with E-state index in [1.807, 2.05) is 11.5 Å². The minimum absolute atomic E-state index is 0.0721. The van der Waals surface area contributed by atoms with E-state index in [4.69, 9.17) is 0 Å². The summed E-state index contributed by atoms with van der Waals surface area (Å²) in [6.45, 7) is 4.37. The number of unbranched alkanes of at least 4 members (excludes halogenated alkanes) is 1. The number of allylic oxidation sites excluding steroid dienone is 1. The van der Waals surface area contributed by atoms with Crippen LogP contribution >= 0.6 is 11.8 Å². The van der Waals surface area contributed by atoms with Gasteiger partial charge in [0.1, 0.15) is 4.75 Å². The Labute approximate surface area is 173 Å². The lowest BCUT2D eigenvalue weighted by molar-refractivity contribution is 0.152. The van der Waals surface area contributed by atoms with E-state index in [1.165, 1.54) is 5.56 Å². The molecule has 1 aromatic carbocycles. The third-order valence-corrected chi connectivity index (χ3v) is 10.8. The van der Waals surface area contributed by atoms with Crippen LogP contribution in [0.1, 0.15) is 57.4 Å². The second kappa shape index (κ2) is 7.49. The van der Waals surface area contributed by atoms with E-state index < -0.39 is 14.6 Å². The van der Waals surface area contributed by atoms with Crippen molar-refractivity contribution in [3.8, 4) is 0 Å². The van der Waals surface area contributed by atoms with Crippen molar-refractivity contribution in [2.75, 3.05) is 5.75 Å². The molecule has 2 aliphatic heterocycles. The molecule has 0 bridgehead atoms. The maximum Gasteiger partial charge on any atom is 0.166 e. The molecule has 1 aliphatic carbocycles. The minimum Gasteiger partial charge on any atom is -0.266 e. The van der Waals surface area contributed by atoms with Crippen LogP contribution < -0.4 is 0 Å². The Hall–Kier alpha value is -1.33. The van der Waals surface area contributed by atoms with Gasteiger partial charge in [-0.25, -0.2) is 8.42 Å². The molecule has 0 N–H and O–H groups in total. The van der Waals surface area contributed by atoms with Gasteiger partial charge in [-0.1, -0.05) is 74.9 Å². The third kappa shape index (κ3) is 2.93. The number of aliphatic imine (C=N–C) groups is 1. The lowest BCUT2D eigenvalue weighted by Crippen LogP contribution is -2.48. The molecule has 0 radical (unpaired) electrons. The van der Waals surface area contributed by atoms with E-state index in [2.05, 4.69) is 49.2 Å². The van der Waals surface area contributed by atoms with E-state index in [0.717, 1.165) is 37.0 Å². The summed E-state index contributed by atoms with van der Waals surface area (Å²) < 4.78 is 26.5. The van der Waals surface area contributed by atoms with Crippen LogP contribution in [0.2, 0.25) is 0 Å². The summed E-state index contributed by atoms with van der Waals surface area (Å²) in [5.74, 6) is 0.609. The molecule has 1 spiro atoms. The predicted molar refractivity (Wildman–Crippen MR) is 119 cm³/mol. The highest BCUT2D eigenvalue weighted by atomic mass is 32.2. The van der Waals surface area contributed by atoms with E-state index in [9.17, 15) is 8.42 Å². The van der Waals surface area contributed by atoms with Gasteiger partial charge in [0, 0.05) is 23.2 Å². The van der Waals surface area contributed by atoms with Crippen LogP contribution in [0, 0.1) is 11.3 Å². The smallest absolute Gasteiger partial charge is 0.166 e. The highest BCUT2D eigenvalue weighted by Crippen LogP contribution is 2.63. The maximum absolute atomic E-state index is 13.7. The second-order valence-electron chi connectivity index (χ2n) is 8.39. The fourth-order valence-corrected chi connectivity index (χ4v) is 9.89. The number of rotatable bonds is 5. The Balaban J connectivity index is 1.90. The Morgan fingerprint density at radius 2 is 2.00 bits per heavy atom. The molecule has 28 heavy (non-hydrogen) atoms. The second-order valence-corrected chi connectivity index (χ2v) is 11.5. The predicted octanol–water partition coefficient (Wildman–Crippen LogP) is 5.72. The molecule has 150 valence electrons. The molecule has 1 fully saturated rings. The Bertz CT molecular complexity index is 919. The number of benzene rings is 1.